The van der Waals surface area contributed by atoms with Gasteiger partial charge < -0.3 is 9.64 Å². The van der Waals surface area contributed by atoms with E-state index in [9.17, 15) is 0 Å². The molecular weight excluding hydrogens is 228 g/mol. The summed E-state index contributed by atoms with van der Waals surface area (Å²) >= 11 is 0. The molecule has 1 heterocycles. The molecule has 0 unspecified atom stereocenters. The van der Waals surface area contributed by atoms with E-state index in [2.05, 4.69) is 29.0 Å². The number of aromatic nitrogens is 3. The molecule has 0 aliphatic heterocycles. The van der Waals surface area contributed by atoms with Gasteiger partial charge in [-0.05, 0) is 30.8 Å². The molecule has 96 valence electrons. The average molecular weight is 246 g/mol. The van der Waals surface area contributed by atoms with E-state index in [-0.39, 0.29) is 0 Å². The highest BCUT2D eigenvalue weighted by atomic mass is 16.5. The molecule has 0 N–H and O–H groups in total. The number of nitrogens with zero attached hydrogens (tertiary/aromatic N) is 4. The molecule has 1 aromatic carbocycles. The van der Waals surface area contributed by atoms with Crippen LogP contribution < -0.4 is 0 Å². The van der Waals surface area contributed by atoms with Gasteiger partial charge in [-0.1, -0.05) is 17.9 Å². The fourth-order valence-electron chi connectivity index (χ4n) is 1.78. The van der Waals surface area contributed by atoms with Crippen molar-refractivity contribution < 1.29 is 4.74 Å². The van der Waals surface area contributed by atoms with Crippen molar-refractivity contribution in [3.8, 4) is 0 Å². The molecule has 0 aliphatic carbocycles. The summed E-state index contributed by atoms with van der Waals surface area (Å²) in [6.07, 6.45) is 1.79. The van der Waals surface area contributed by atoms with Gasteiger partial charge in [-0.3, -0.25) is 0 Å². The Hall–Kier alpha value is -1.88. The molecule has 0 radical (unpaired) electrons. The van der Waals surface area contributed by atoms with Crippen molar-refractivity contribution in [2.45, 2.75) is 13.5 Å². The van der Waals surface area contributed by atoms with E-state index in [0.29, 0.717) is 13.3 Å². The second-order valence-corrected chi connectivity index (χ2v) is 4.09. The van der Waals surface area contributed by atoms with Crippen LogP contribution in [0.25, 0.3) is 11.0 Å². The highest BCUT2D eigenvalue weighted by Gasteiger charge is 2.05. The minimum absolute atomic E-state index is 0.557. The van der Waals surface area contributed by atoms with E-state index < -0.39 is 0 Å². The van der Waals surface area contributed by atoms with Crippen LogP contribution in [0, 0.1) is 0 Å². The molecule has 5 heteroatoms. The summed E-state index contributed by atoms with van der Waals surface area (Å²) in [4.78, 5) is 2.02. The van der Waals surface area contributed by atoms with Crippen molar-refractivity contribution in [3.05, 3.63) is 36.5 Å². The van der Waals surface area contributed by atoms with Gasteiger partial charge in [-0.2, -0.15) is 0 Å². The lowest BCUT2D eigenvalue weighted by Crippen LogP contribution is -2.19. The molecule has 2 aromatic rings. The Bertz CT molecular complexity index is 535. The highest BCUT2D eigenvalue weighted by molar-refractivity contribution is 5.74. The van der Waals surface area contributed by atoms with E-state index in [1.807, 2.05) is 24.9 Å². The lowest BCUT2D eigenvalue weighted by Gasteiger charge is -2.19. The zero-order valence-corrected chi connectivity index (χ0v) is 10.8. The Morgan fingerprint density at radius 3 is 3.06 bits per heavy atom. The molecule has 2 rings (SSSR count). The van der Waals surface area contributed by atoms with Crippen LogP contribution in [0.1, 0.15) is 12.5 Å². The fourth-order valence-corrected chi connectivity index (χ4v) is 1.78. The maximum absolute atomic E-state index is 5.38. The van der Waals surface area contributed by atoms with Crippen molar-refractivity contribution in [2.24, 2.45) is 7.05 Å². The predicted octanol–water partition coefficient (Wildman–Crippen LogP) is 1.91. The Kier molecular flexibility index (Phi) is 3.94. The van der Waals surface area contributed by atoms with Gasteiger partial charge in [-0.25, -0.2) is 4.68 Å². The largest absolute Gasteiger partial charge is 0.361 e. The minimum atomic E-state index is 0.557. The van der Waals surface area contributed by atoms with Crippen LogP contribution in [0.15, 0.2) is 31.0 Å². The molecule has 0 spiro atoms. The van der Waals surface area contributed by atoms with Crippen molar-refractivity contribution in [3.63, 3.8) is 0 Å². The van der Waals surface area contributed by atoms with E-state index in [1.54, 1.807) is 10.9 Å². The molecule has 0 bridgehead atoms. The molecular formula is C13H18N4O. The Labute approximate surface area is 107 Å². The molecule has 0 saturated heterocycles. The highest BCUT2D eigenvalue weighted by Crippen LogP contribution is 2.14. The second kappa shape index (κ2) is 5.64. The van der Waals surface area contributed by atoms with Gasteiger partial charge in [0.2, 0.25) is 0 Å². The second-order valence-electron chi connectivity index (χ2n) is 4.09. The van der Waals surface area contributed by atoms with Gasteiger partial charge in [0.1, 0.15) is 12.2 Å². The maximum atomic E-state index is 5.38. The van der Waals surface area contributed by atoms with Crippen LogP contribution in [-0.4, -0.2) is 33.2 Å². The zero-order valence-electron chi connectivity index (χ0n) is 10.8. The zero-order chi connectivity index (χ0) is 13.0. The maximum Gasteiger partial charge on any atom is 0.118 e. The van der Waals surface area contributed by atoms with E-state index in [0.717, 1.165) is 17.6 Å². The normalized spacial score (nSPS) is 10.8. The number of aryl methyl sites for hydroxylation is 1. The number of hydrogen-bond acceptors (Lipinski definition) is 4. The minimum Gasteiger partial charge on any atom is -0.361 e. The summed E-state index contributed by atoms with van der Waals surface area (Å²) in [7, 11) is 1.89. The first-order valence-electron chi connectivity index (χ1n) is 5.97. The van der Waals surface area contributed by atoms with Gasteiger partial charge in [-0.15, -0.1) is 5.10 Å². The van der Waals surface area contributed by atoms with E-state index in [1.165, 1.54) is 5.56 Å². The summed E-state index contributed by atoms with van der Waals surface area (Å²) in [6.45, 7) is 7.81. The van der Waals surface area contributed by atoms with E-state index >= 15 is 0 Å². The first kappa shape index (κ1) is 12.6. The van der Waals surface area contributed by atoms with E-state index in [4.69, 9.17) is 4.74 Å². The summed E-state index contributed by atoms with van der Waals surface area (Å²) in [5.41, 5.74) is 3.14. The van der Waals surface area contributed by atoms with Crippen molar-refractivity contribution in [1.82, 2.24) is 19.9 Å². The smallest absolute Gasteiger partial charge is 0.118 e. The third-order valence-corrected chi connectivity index (χ3v) is 2.78. The van der Waals surface area contributed by atoms with Crippen LogP contribution in [0.5, 0.6) is 0 Å². The van der Waals surface area contributed by atoms with Crippen LogP contribution in [0.2, 0.25) is 0 Å². The fraction of sp³-hybridized carbons (Fsp3) is 0.385. The van der Waals surface area contributed by atoms with Crippen LogP contribution in [0.3, 0.4) is 0 Å². The Morgan fingerprint density at radius 2 is 2.33 bits per heavy atom. The van der Waals surface area contributed by atoms with Crippen LogP contribution in [-0.2, 0) is 18.3 Å². The number of fused-ring (bicyclic) bond motifs is 1. The molecule has 0 atom stereocenters. The van der Waals surface area contributed by atoms with Gasteiger partial charge in [0.25, 0.3) is 0 Å². The number of ether oxygens (including phenoxy) is 1. The molecule has 5 nitrogen and oxygen atoms in total. The Morgan fingerprint density at radius 1 is 1.50 bits per heavy atom. The van der Waals surface area contributed by atoms with Gasteiger partial charge in [0.05, 0.1) is 5.52 Å². The van der Waals surface area contributed by atoms with Crippen molar-refractivity contribution >= 4 is 11.0 Å². The average Bonchev–Trinajstić information content (AvgIpc) is 2.76. The first-order chi connectivity index (χ1) is 8.74. The third-order valence-electron chi connectivity index (χ3n) is 2.78. The number of hydrogen-bond donors (Lipinski definition) is 0. The van der Waals surface area contributed by atoms with Crippen LogP contribution in [0.4, 0.5) is 0 Å². The topological polar surface area (TPSA) is 43.2 Å². The molecule has 1 aromatic heterocycles. The van der Waals surface area contributed by atoms with Gasteiger partial charge in [0, 0.05) is 20.2 Å². The summed E-state index contributed by atoms with van der Waals surface area (Å²) < 4.78 is 7.16. The quantitative estimate of drug-likeness (QED) is 0.730. The molecule has 0 amide bonds. The third kappa shape index (κ3) is 2.68. The lowest BCUT2D eigenvalue weighted by atomic mass is 10.2. The summed E-state index contributed by atoms with van der Waals surface area (Å²) in [5.74, 6) is 0. The summed E-state index contributed by atoms with van der Waals surface area (Å²) in [6, 6.07) is 6.14. The molecule has 0 fully saturated rings. The predicted molar refractivity (Wildman–Crippen MR) is 70.7 cm³/mol. The van der Waals surface area contributed by atoms with Gasteiger partial charge >= 0.3 is 0 Å². The van der Waals surface area contributed by atoms with Crippen molar-refractivity contribution in [2.75, 3.05) is 13.3 Å². The van der Waals surface area contributed by atoms with Crippen LogP contribution >= 0.6 is 0 Å². The molecule has 0 saturated carbocycles. The monoisotopic (exact) mass is 246 g/mol. The summed E-state index contributed by atoms with van der Waals surface area (Å²) in [5, 5.41) is 8.06. The number of rotatable bonds is 6. The Balaban J connectivity index is 2.14. The standard InChI is InChI=1S/C13H18N4O/c1-4-17(10-18-5-2)9-11-6-7-12-13(8-11)16(3)15-14-12/h4,6-8H,1,5,9-10H2,2-3H3. The molecule has 18 heavy (non-hydrogen) atoms. The number of benzene rings is 1. The lowest BCUT2D eigenvalue weighted by molar-refractivity contribution is 0.0590. The van der Waals surface area contributed by atoms with Gasteiger partial charge in [0.15, 0.2) is 0 Å². The first-order valence-corrected chi connectivity index (χ1v) is 5.97. The van der Waals surface area contributed by atoms with Crippen molar-refractivity contribution in [1.29, 1.82) is 0 Å². The molecule has 0 aliphatic rings. The SMILES string of the molecule is C=CN(COCC)Cc1ccc2nnn(C)c2c1.